The zero-order valence-corrected chi connectivity index (χ0v) is 49.5. The predicted molar refractivity (Wildman–Crippen MR) is 295 cm³/mol. The molecular formula is C58H69F2N12O14+. The first kappa shape index (κ1) is 62.8. The number of aromatic nitrogens is 8. The Hall–Kier alpha value is -9.24. The molecule has 3 atom stereocenters. The van der Waals surface area contributed by atoms with Gasteiger partial charge in [0, 0.05) is 52.0 Å². The van der Waals surface area contributed by atoms with Crippen LogP contribution in [-0.2, 0) is 63.9 Å². The highest BCUT2D eigenvalue weighted by atomic mass is 19.1. The Morgan fingerprint density at radius 2 is 1.09 bits per heavy atom. The van der Waals surface area contributed by atoms with Gasteiger partial charge in [0.05, 0.1) is 28.8 Å². The zero-order valence-electron chi connectivity index (χ0n) is 49.5. The van der Waals surface area contributed by atoms with Gasteiger partial charge in [-0.2, -0.15) is 0 Å². The summed E-state index contributed by atoms with van der Waals surface area (Å²) in [5.41, 5.74) is -5.10. The van der Waals surface area contributed by atoms with Gasteiger partial charge in [0.2, 0.25) is 23.7 Å². The van der Waals surface area contributed by atoms with Crippen LogP contribution >= 0.6 is 0 Å². The molecule has 0 saturated heterocycles. The highest BCUT2D eigenvalue weighted by Crippen LogP contribution is 2.33. The summed E-state index contributed by atoms with van der Waals surface area (Å²) in [5.74, 6) is -10.4. The van der Waals surface area contributed by atoms with Crippen LogP contribution in [0.5, 0.6) is 11.5 Å². The van der Waals surface area contributed by atoms with Crippen molar-refractivity contribution in [2.24, 2.45) is 37.8 Å². The van der Waals surface area contributed by atoms with E-state index in [2.05, 4.69) is 46.5 Å². The average molecular weight is 1200 g/mol. The van der Waals surface area contributed by atoms with Gasteiger partial charge in [-0.1, -0.05) is 51.0 Å². The molecule has 4 amide bonds. The maximum atomic E-state index is 14.7. The van der Waals surface area contributed by atoms with Crippen LogP contribution in [-0.4, -0.2) is 82.5 Å². The van der Waals surface area contributed by atoms with Crippen LogP contribution in [0.25, 0.3) is 0 Å². The molecule has 6 aromatic rings. The third kappa shape index (κ3) is 14.8. The second-order valence-electron chi connectivity index (χ2n) is 22.8. The lowest BCUT2D eigenvalue weighted by Gasteiger charge is -2.29. The van der Waals surface area contributed by atoms with Crippen molar-refractivity contribution in [3.8, 4) is 11.5 Å². The Kier molecular flexibility index (Phi) is 18.9. The lowest BCUT2D eigenvalue weighted by Crippen LogP contribution is -2.52. The van der Waals surface area contributed by atoms with E-state index < -0.39 is 129 Å². The summed E-state index contributed by atoms with van der Waals surface area (Å²) in [6, 6.07) is 10.6. The molecule has 28 heteroatoms. The van der Waals surface area contributed by atoms with Crippen molar-refractivity contribution in [2.45, 2.75) is 144 Å². The van der Waals surface area contributed by atoms with Crippen LogP contribution in [0.15, 0.2) is 67.0 Å². The predicted octanol–water partition coefficient (Wildman–Crippen LogP) is 4.71. The Balaban J connectivity index is 1.10. The molecule has 0 aliphatic heterocycles. The van der Waals surface area contributed by atoms with Crippen molar-refractivity contribution < 1.29 is 70.0 Å². The van der Waals surface area contributed by atoms with E-state index in [1.165, 1.54) is 104 Å². The zero-order chi connectivity index (χ0) is 62.5. The number of nitrogens with zero attached hydrogens (tertiary/aromatic N) is 8. The Labute approximate surface area is 491 Å². The molecule has 4 N–H and O–H groups in total. The van der Waals surface area contributed by atoms with Crippen LogP contribution < -0.4 is 46.5 Å². The summed E-state index contributed by atoms with van der Waals surface area (Å²) < 4.78 is 66.2. The molecular weight excluding hydrogens is 1130 g/mol. The van der Waals surface area contributed by atoms with Gasteiger partial charge in [-0.3, -0.25) is 47.5 Å². The summed E-state index contributed by atoms with van der Waals surface area (Å²) in [6.45, 7) is 13.3. The SMILES string of the molecule is Cc1nnc(C(=O)NC(C)(C)c2nc(C(=O)NCc3ccc(F)cc3)c(OC(OC(=O)C3CC3)C(C)C[n+]3nc(C)oc3C(=O)NC(C)(C)c3nc(C(=O)NCc4ccc(F)cc4)c(OC(OC(=O)C4CCCC4)C(C)C)c(=O)n3C)c(=O)n2C)o1. The van der Waals surface area contributed by atoms with Crippen molar-refractivity contribution >= 4 is 35.6 Å². The van der Waals surface area contributed by atoms with Gasteiger partial charge in [-0.25, -0.2) is 18.7 Å². The average Bonchev–Trinajstić information content (AvgIpc) is 1.03. The second-order valence-corrected chi connectivity index (χ2v) is 22.8. The molecule has 8 rings (SSSR count). The van der Waals surface area contributed by atoms with Crippen molar-refractivity contribution in [2.75, 3.05) is 0 Å². The first-order valence-electron chi connectivity index (χ1n) is 28.0. The fourth-order valence-electron chi connectivity index (χ4n) is 9.47. The van der Waals surface area contributed by atoms with Crippen molar-refractivity contribution in [3.05, 3.63) is 139 Å². The Bertz CT molecular complexity index is 3660. The third-order valence-electron chi connectivity index (χ3n) is 14.3. The van der Waals surface area contributed by atoms with Crippen LogP contribution in [0.4, 0.5) is 8.78 Å². The Morgan fingerprint density at radius 1 is 0.640 bits per heavy atom. The standard InChI is InChI=1S/C58H68F2N12O14/c1-29(2)53(85-51(79)35-14-12-13-15-35)83-41-39(43(73)61-26-33-16-22-37(59)23-17-33)63-56(70(10)48(41)77)58(8,9)66-46(76)50-72(69-32(5)82-50)28-30(3)54(86-52(80)36-20-21-36)84-42-40(44(74)62-27-34-18-24-38(60)25-19-34)64-55(71(11)49(42)78)57(6,7)65-45(75)47-68-67-31(4)81-47/h16-19,22-25,29-30,35-36,53-54H,12-15,20-21,26-28H2,1-11H3,(H3-,61,62,65,66,73,74,75,76)/p+1. The molecule has 2 aliphatic rings. The number of halogens is 2. The molecule has 3 unspecified atom stereocenters. The summed E-state index contributed by atoms with van der Waals surface area (Å²) in [7, 11) is 2.66. The quantitative estimate of drug-likeness (QED) is 0.0362. The summed E-state index contributed by atoms with van der Waals surface area (Å²) >= 11 is 0. The molecule has 0 spiro atoms. The molecule has 86 heavy (non-hydrogen) atoms. The minimum Gasteiger partial charge on any atom is -0.446 e. The highest BCUT2D eigenvalue weighted by molar-refractivity contribution is 5.96. The number of hydrogen-bond donors (Lipinski definition) is 4. The molecule has 458 valence electrons. The molecule has 2 aliphatic carbocycles. The van der Waals surface area contributed by atoms with E-state index in [1.54, 1.807) is 20.8 Å². The third-order valence-corrected chi connectivity index (χ3v) is 14.3. The number of ether oxygens (including phenoxy) is 4. The lowest BCUT2D eigenvalue weighted by atomic mass is 10.0. The minimum atomic E-state index is -1.69. The molecule has 2 aromatic carbocycles. The molecule has 0 radical (unpaired) electrons. The number of nitrogens with one attached hydrogen (secondary N) is 4. The molecule has 2 fully saturated rings. The summed E-state index contributed by atoms with van der Waals surface area (Å²) in [4.78, 5) is 122. The summed E-state index contributed by atoms with van der Waals surface area (Å²) in [6.07, 6.45) is 0.973. The number of aryl methyl sites for hydroxylation is 2. The van der Waals surface area contributed by atoms with E-state index >= 15 is 0 Å². The molecule has 4 aromatic heterocycles. The number of carbonyl (C=O) groups excluding carboxylic acids is 6. The van der Waals surface area contributed by atoms with Crippen LogP contribution in [0.2, 0.25) is 0 Å². The molecule has 0 bridgehead atoms. The van der Waals surface area contributed by atoms with E-state index in [1.807, 2.05) is 0 Å². The molecule has 2 saturated carbocycles. The number of esters is 2. The first-order chi connectivity index (χ1) is 40.6. The van der Waals surface area contributed by atoms with Gasteiger partial charge in [0.25, 0.3) is 35.1 Å². The van der Waals surface area contributed by atoms with E-state index in [-0.39, 0.29) is 54.9 Å². The second kappa shape index (κ2) is 25.9. The topological polar surface area (TPSA) is 326 Å². The maximum absolute atomic E-state index is 14.7. The van der Waals surface area contributed by atoms with E-state index in [0.717, 1.165) is 26.7 Å². The van der Waals surface area contributed by atoms with E-state index in [4.69, 9.17) is 27.8 Å². The molecule has 4 heterocycles. The van der Waals surface area contributed by atoms with E-state index in [9.17, 15) is 47.1 Å². The summed E-state index contributed by atoms with van der Waals surface area (Å²) in [5, 5.41) is 22.7. The number of carbonyl (C=O) groups is 6. The smallest absolute Gasteiger partial charge is 0.446 e. The fraction of sp³-hybridized carbons (Fsp3) is 0.483. The lowest BCUT2D eigenvalue weighted by molar-refractivity contribution is -0.762. The van der Waals surface area contributed by atoms with Crippen molar-refractivity contribution in [1.29, 1.82) is 0 Å². The maximum Gasteiger partial charge on any atom is 0.467 e. The van der Waals surface area contributed by atoms with Gasteiger partial charge in [-0.15, -0.1) is 10.2 Å². The van der Waals surface area contributed by atoms with Gasteiger partial charge in [0.1, 0.15) is 23.3 Å². The highest BCUT2D eigenvalue weighted by Gasteiger charge is 2.43. The van der Waals surface area contributed by atoms with Gasteiger partial charge in [-0.05, 0) is 100 Å². The van der Waals surface area contributed by atoms with Crippen LogP contribution in [0, 0.1) is 49.2 Å². The van der Waals surface area contributed by atoms with Gasteiger partial charge < -0.3 is 49.0 Å². The van der Waals surface area contributed by atoms with Crippen LogP contribution in [0.3, 0.4) is 0 Å². The number of rotatable bonds is 24. The van der Waals surface area contributed by atoms with E-state index in [0.29, 0.717) is 36.8 Å². The van der Waals surface area contributed by atoms with Crippen LogP contribution in [0.1, 0.15) is 164 Å². The number of amides is 4. The normalized spacial score (nSPS) is 14.7. The van der Waals surface area contributed by atoms with Gasteiger partial charge >= 0.3 is 35.5 Å². The number of hydrogen-bond acceptors (Lipinski definition) is 19. The first-order valence-corrected chi connectivity index (χ1v) is 28.0. The van der Waals surface area contributed by atoms with Gasteiger partial charge in [0.15, 0.2) is 17.9 Å². The minimum absolute atomic E-state index is 0.00854. The largest absolute Gasteiger partial charge is 0.467 e. The Morgan fingerprint density at radius 3 is 1.55 bits per heavy atom. The van der Waals surface area contributed by atoms with Crippen molar-refractivity contribution in [1.82, 2.24) is 55.7 Å². The monoisotopic (exact) mass is 1200 g/mol. The van der Waals surface area contributed by atoms with Crippen molar-refractivity contribution in [3.63, 3.8) is 0 Å². The number of benzene rings is 2. The molecule has 26 nitrogen and oxygen atoms in total. The fourth-order valence-corrected chi connectivity index (χ4v) is 9.47.